The van der Waals surface area contributed by atoms with Crippen molar-refractivity contribution in [3.63, 3.8) is 0 Å². The van der Waals surface area contributed by atoms with Crippen molar-refractivity contribution in [2.75, 3.05) is 18.6 Å². The highest BCUT2D eigenvalue weighted by molar-refractivity contribution is 7.90. The minimum Gasteiger partial charge on any atom is -0.322 e. The first-order chi connectivity index (χ1) is 9.38. The molecule has 1 aliphatic heterocycles. The Labute approximate surface area is 119 Å². The molecule has 1 heterocycles. The van der Waals surface area contributed by atoms with Crippen molar-refractivity contribution in [3.8, 4) is 0 Å². The molecule has 1 aliphatic rings. The molecule has 1 N–H and O–H groups in total. The summed E-state index contributed by atoms with van der Waals surface area (Å²) >= 11 is 0. The Morgan fingerprint density at radius 2 is 1.90 bits per heavy atom. The Morgan fingerprint density at radius 3 is 2.50 bits per heavy atom. The molecular formula is C14H20N2O3S. The van der Waals surface area contributed by atoms with Crippen molar-refractivity contribution < 1.29 is 13.2 Å². The highest BCUT2D eigenvalue weighted by Gasteiger charge is 2.36. The van der Waals surface area contributed by atoms with Crippen molar-refractivity contribution in [2.45, 2.75) is 25.6 Å². The molecule has 2 rings (SSSR count). The van der Waals surface area contributed by atoms with Gasteiger partial charge in [-0.2, -0.15) is 0 Å². The van der Waals surface area contributed by atoms with E-state index in [0.717, 1.165) is 5.56 Å². The predicted molar refractivity (Wildman–Crippen MR) is 77.8 cm³/mol. The smallest absolute Gasteiger partial charge is 0.241 e. The van der Waals surface area contributed by atoms with Crippen LogP contribution in [-0.2, 0) is 14.6 Å². The SMILES string of the molecule is CC1NC(c2ccccc2)N(CCCS(C)(=O)=O)C1=O. The quantitative estimate of drug-likeness (QED) is 0.878. The summed E-state index contributed by atoms with van der Waals surface area (Å²) in [4.78, 5) is 13.9. The van der Waals surface area contributed by atoms with Gasteiger partial charge in [0.2, 0.25) is 5.91 Å². The monoisotopic (exact) mass is 296 g/mol. The lowest BCUT2D eigenvalue weighted by atomic mass is 10.1. The molecule has 1 saturated heterocycles. The van der Waals surface area contributed by atoms with E-state index in [-0.39, 0.29) is 23.9 Å². The van der Waals surface area contributed by atoms with Crippen LogP contribution in [0.3, 0.4) is 0 Å². The Balaban J connectivity index is 2.09. The van der Waals surface area contributed by atoms with Crippen molar-refractivity contribution in [3.05, 3.63) is 35.9 Å². The third-order valence-corrected chi connectivity index (χ3v) is 4.43. The van der Waals surface area contributed by atoms with Crippen LogP contribution < -0.4 is 5.32 Å². The summed E-state index contributed by atoms with van der Waals surface area (Å²) in [6.45, 7) is 2.28. The van der Waals surface area contributed by atoms with Gasteiger partial charge in [0.05, 0.1) is 11.8 Å². The van der Waals surface area contributed by atoms with Crippen LogP contribution in [0.2, 0.25) is 0 Å². The van der Waals surface area contributed by atoms with Crippen LogP contribution in [0.25, 0.3) is 0 Å². The summed E-state index contributed by atoms with van der Waals surface area (Å²) in [7, 11) is -2.99. The molecule has 1 amide bonds. The van der Waals surface area contributed by atoms with E-state index in [1.54, 1.807) is 4.90 Å². The average Bonchev–Trinajstić information content (AvgIpc) is 2.67. The van der Waals surface area contributed by atoms with Crippen LogP contribution in [0.5, 0.6) is 0 Å². The first kappa shape index (κ1) is 15.0. The number of benzene rings is 1. The predicted octanol–water partition coefficient (Wildman–Crippen LogP) is 0.940. The molecule has 0 bridgehead atoms. The fourth-order valence-corrected chi connectivity index (χ4v) is 3.08. The van der Waals surface area contributed by atoms with Crippen LogP contribution in [0, 0.1) is 0 Å². The first-order valence-corrected chi connectivity index (χ1v) is 8.74. The molecule has 110 valence electrons. The lowest BCUT2D eigenvalue weighted by Gasteiger charge is -2.24. The number of nitrogens with zero attached hydrogens (tertiary/aromatic N) is 1. The Bertz CT molecular complexity index is 571. The standard InChI is InChI=1S/C14H20N2O3S/c1-11-14(17)16(9-6-10-20(2,18)19)13(15-11)12-7-4-3-5-8-12/h3-5,7-8,11,13,15H,6,9-10H2,1-2H3. The fraction of sp³-hybridized carbons (Fsp3) is 0.500. The highest BCUT2D eigenvalue weighted by atomic mass is 32.2. The lowest BCUT2D eigenvalue weighted by molar-refractivity contribution is -0.129. The van der Waals surface area contributed by atoms with Gasteiger partial charge in [-0.15, -0.1) is 0 Å². The summed E-state index contributed by atoms with van der Waals surface area (Å²) in [5, 5.41) is 3.24. The van der Waals surface area contributed by atoms with Crippen LogP contribution in [0.1, 0.15) is 25.1 Å². The number of amides is 1. The molecule has 2 unspecified atom stereocenters. The summed E-state index contributed by atoms with van der Waals surface area (Å²) in [5.74, 6) is 0.125. The van der Waals surface area contributed by atoms with Gasteiger partial charge in [0.25, 0.3) is 0 Å². The second kappa shape index (κ2) is 5.93. The molecule has 6 heteroatoms. The van der Waals surface area contributed by atoms with Gasteiger partial charge < -0.3 is 4.90 Å². The normalized spacial score (nSPS) is 23.3. The molecule has 1 aromatic rings. The summed E-state index contributed by atoms with van der Waals surface area (Å²) in [6.07, 6.45) is 1.51. The molecule has 0 spiro atoms. The lowest BCUT2D eigenvalue weighted by Crippen LogP contribution is -2.32. The minimum atomic E-state index is -2.99. The van der Waals surface area contributed by atoms with Crippen molar-refractivity contribution in [1.29, 1.82) is 0 Å². The van der Waals surface area contributed by atoms with Crippen molar-refractivity contribution in [1.82, 2.24) is 10.2 Å². The van der Waals surface area contributed by atoms with E-state index in [1.165, 1.54) is 6.26 Å². The largest absolute Gasteiger partial charge is 0.322 e. The van der Waals surface area contributed by atoms with E-state index < -0.39 is 9.84 Å². The first-order valence-electron chi connectivity index (χ1n) is 6.68. The topological polar surface area (TPSA) is 66.5 Å². The number of rotatable bonds is 5. The maximum Gasteiger partial charge on any atom is 0.241 e. The van der Waals surface area contributed by atoms with Crippen LogP contribution in [-0.4, -0.2) is 43.8 Å². The average molecular weight is 296 g/mol. The minimum absolute atomic E-state index is 0.0207. The van der Waals surface area contributed by atoms with Gasteiger partial charge in [0.15, 0.2) is 0 Å². The number of nitrogens with one attached hydrogen (secondary N) is 1. The van der Waals surface area contributed by atoms with Gasteiger partial charge in [0, 0.05) is 12.8 Å². The number of hydrogen-bond acceptors (Lipinski definition) is 4. The van der Waals surface area contributed by atoms with E-state index in [9.17, 15) is 13.2 Å². The Morgan fingerprint density at radius 1 is 1.25 bits per heavy atom. The molecule has 0 aliphatic carbocycles. The molecule has 0 radical (unpaired) electrons. The van der Waals surface area contributed by atoms with Gasteiger partial charge in [-0.3, -0.25) is 10.1 Å². The number of carbonyl (C=O) groups is 1. The Kier molecular flexibility index (Phi) is 4.45. The Hall–Kier alpha value is -1.40. The van der Waals surface area contributed by atoms with E-state index in [2.05, 4.69) is 5.32 Å². The van der Waals surface area contributed by atoms with Crippen LogP contribution in [0.4, 0.5) is 0 Å². The second-order valence-electron chi connectivity index (χ2n) is 5.22. The fourth-order valence-electron chi connectivity index (χ4n) is 2.42. The molecule has 1 aromatic carbocycles. The maximum absolute atomic E-state index is 12.2. The van der Waals surface area contributed by atoms with E-state index >= 15 is 0 Å². The van der Waals surface area contributed by atoms with Gasteiger partial charge >= 0.3 is 0 Å². The van der Waals surface area contributed by atoms with Crippen LogP contribution in [0.15, 0.2) is 30.3 Å². The molecule has 1 fully saturated rings. The molecule has 0 saturated carbocycles. The van der Waals surface area contributed by atoms with Gasteiger partial charge in [0.1, 0.15) is 16.0 Å². The number of sulfone groups is 1. The zero-order valence-corrected chi connectivity index (χ0v) is 12.6. The third kappa shape index (κ3) is 3.58. The molecule has 5 nitrogen and oxygen atoms in total. The van der Waals surface area contributed by atoms with Crippen molar-refractivity contribution in [2.24, 2.45) is 0 Å². The zero-order chi connectivity index (χ0) is 14.8. The van der Waals surface area contributed by atoms with Gasteiger partial charge in [-0.1, -0.05) is 30.3 Å². The van der Waals surface area contributed by atoms with Gasteiger partial charge in [-0.25, -0.2) is 8.42 Å². The van der Waals surface area contributed by atoms with E-state index in [4.69, 9.17) is 0 Å². The summed E-state index contributed by atoms with van der Waals surface area (Å²) in [6, 6.07) is 9.48. The third-order valence-electron chi connectivity index (χ3n) is 3.40. The highest BCUT2D eigenvalue weighted by Crippen LogP contribution is 2.25. The van der Waals surface area contributed by atoms with E-state index in [0.29, 0.717) is 13.0 Å². The molecule has 0 aromatic heterocycles. The maximum atomic E-state index is 12.2. The molecule has 2 atom stereocenters. The van der Waals surface area contributed by atoms with Crippen molar-refractivity contribution >= 4 is 15.7 Å². The summed E-state index contributed by atoms with van der Waals surface area (Å²) in [5.41, 5.74) is 1.02. The summed E-state index contributed by atoms with van der Waals surface area (Å²) < 4.78 is 22.4. The number of carbonyl (C=O) groups excluding carboxylic acids is 1. The molecular weight excluding hydrogens is 276 g/mol. The van der Waals surface area contributed by atoms with E-state index in [1.807, 2.05) is 37.3 Å². The second-order valence-corrected chi connectivity index (χ2v) is 7.48. The zero-order valence-electron chi connectivity index (χ0n) is 11.7. The van der Waals surface area contributed by atoms with Gasteiger partial charge in [-0.05, 0) is 18.9 Å². The van der Waals surface area contributed by atoms with Crippen LogP contribution >= 0.6 is 0 Å². The number of hydrogen-bond donors (Lipinski definition) is 1. The molecule has 20 heavy (non-hydrogen) atoms.